The molecule has 1 atom stereocenters. The first-order valence-corrected chi connectivity index (χ1v) is 22.8. The normalized spacial score (nSPS) is 23.8. The minimum Gasteiger partial charge on any atom is -0.489 e. The van der Waals surface area contributed by atoms with E-state index in [9.17, 15) is 29.2 Å². The van der Waals surface area contributed by atoms with Crippen molar-refractivity contribution in [2.24, 2.45) is 16.2 Å². The first-order valence-electron chi connectivity index (χ1n) is 22.4. The Labute approximate surface area is 382 Å². The number of anilines is 1. The highest BCUT2D eigenvalue weighted by Crippen LogP contribution is 2.56. The topological polar surface area (TPSA) is 192 Å². The molecule has 3 aliphatic heterocycles. The Morgan fingerprint density at radius 3 is 2.26 bits per heavy atom. The Bertz CT molecular complexity index is 2620. The molecule has 4 heterocycles. The summed E-state index contributed by atoms with van der Waals surface area (Å²) in [6.07, 6.45) is 4.27. The number of piperazine rings is 1. The molecule has 2 aliphatic carbocycles. The number of likely N-dealkylation sites (tertiary alicyclic amines) is 1. The molecule has 1 spiro atoms. The number of ether oxygens (including phenoxy) is 2. The van der Waals surface area contributed by atoms with E-state index in [2.05, 4.69) is 64.5 Å². The molecule has 0 bridgehead atoms. The van der Waals surface area contributed by atoms with Crippen LogP contribution in [0.5, 0.6) is 11.5 Å². The maximum atomic E-state index is 13.5. The molecule has 65 heavy (non-hydrogen) atoms. The van der Waals surface area contributed by atoms with Crippen molar-refractivity contribution < 1.29 is 28.7 Å². The second kappa shape index (κ2) is 17.1. The molecule has 9 rings (SSSR count). The van der Waals surface area contributed by atoms with Crippen LogP contribution in [0.4, 0.5) is 5.69 Å². The Balaban J connectivity index is 0.705. The average molecular weight is 904 g/mol. The van der Waals surface area contributed by atoms with E-state index in [1.165, 1.54) is 6.07 Å². The highest BCUT2D eigenvalue weighted by Gasteiger charge is 2.64. The summed E-state index contributed by atoms with van der Waals surface area (Å²) in [4.78, 5) is 70.9. The van der Waals surface area contributed by atoms with Gasteiger partial charge in [0.1, 0.15) is 35.2 Å². The van der Waals surface area contributed by atoms with Gasteiger partial charge in [-0.2, -0.15) is 9.94 Å². The Morgan fingerprint density at radius 1 is 0.908 bits per heavy atom. The first kappa shape index (κ1) is 44.2. The molecule has 340 valence electrons. The lowest BCUT2D eigenvalue weighted by atomic mass is 9.49. The van der Waals surface area contributed by atoms with Gasteiger partial charge >= 0.3 is 0 Å². The van der Waals surface area contributed by atoms with Crippen molar-refractivity contribution in [1.82, 2.24) is 35.4 Å². The van der Waals surface area contributed by atoms with Gasteiger partial charge in [-0.15, -0.1) is 5.10 Å². The van der Waals surface area contributed by atoms with Crippen molar-refractivity contribution in [1.29, 1.82) is 5.26 Å². The Hall–Kier alpha value is -6.05. The molecular weight excluding hydrogens is 850 g/mol. The summed E-state index contributed by atoms with van der Waals surface area (Å²) in [5, 5.41) is 23.3. The van der Waals surface area contributed by atoms with Crippen molar-refractivity contribution in [3.8, 4) is 17.6 Å². The van der Waals surface area contributed by atoms with Crippen LogP contribution in [-0.4, -0.2) is 112 Å². The van der Waals surface area contributed by atoms with Gasteiger partial charge in [0, 0.05) is 85.9 Å². The second-order valence-electron chi connectivity index (χ2n) is 19.6. The Kier molecular flexibility index (Phi) is 11.6. The third-order valence-electron chi connectivity index (χ3n) is 14.8. The minimum atomic E-state index is -0.928. The van der Waals surface area contributed by atoms with Crippen molar-refractivity contribution in [3.05, 3.63) is 87.2 Å². The van der Waals surface area contributed by atoms with E-state index in [0.717, 1.165) is 62.2 Å². The van der Waals surface area contributed by atoms with Crippen LogP contribution < -0.4 is 30.6 Å². The molecule has 3 saturated heterocycles. The number of halogens is 1. The van der Waals surface area contributed by atoms with Gasteiger partial charge in [-0.1, -0.05) is 44.5 Å². The molecule has 5 fully saturated rings. The predicted molar refractivity (Wildman–Crippen MR) is 242 cm³/mol. The number of nitrogens with one attached hydrogen (secondary N) is 2. The van der Waals surface area contributed by atoms with Crippen LogP contribution in [0.15, 0.2) is 65.5 Å². The third kappa shape index (κ3) is 8.40. The first-order chi connectivity index (χ1) is 31.0. The van der Waals surface area contributed by atoms with Gasteiger partial charge in [-0.05, 0) is 92.1 Å². The summed E-state index contributed by atoms with van der Waals surface area (Å²) in [5.41, 5.74) is 1.48. The highest BCUT2D eigenvalue weighted by atomic mass is 35.5. The minimum absolute atomic E-state index is 0.104. The number of nitrogens with zero attached hydrogens (tertiary/aromatic N) is 7. The summed E-state index contributed by atoms with van der Waals surface area (Å²) in [6.45, 7) is 13.4. The fourth-order valence-corrected chi connectivity index (χ4v) is 11.5. The highest BCUT2D eigenvalue weighted by molar-refractivity contribution is 6.31. The number of aromatic nitrogens is 3. The maximum absolute atomic E-state index is 13.5. The molecule has 5 aliphatic rings. The zero-order chi connectivity index (χ0) is 45.8. The number of fused-ring (bicyclic) bond motifs is 1. The molecule has 2 N–H and O–H groups in total. The molecule has 4 amide bonds. The van der Waals surface area contributed by atoms with Gasteiger partial charge in [0.2, 0.25) is 5.91 Å². The van der Waals surface area contributed by atoms with Crippen molar-refractivity contribution in [3.63, 3.8) is 0 Å². The molecule has 4 aromatic rings. The van der Waals surface area contributed by atoms with E-state index in [1.54, 1.807) is 30.3 Å². The zero-order valence-electron chi connectivity index (χ0n) is 37.1. The van der Waals surface area contributed by atoms with Crippen molar-refractivity contribution in [2.75, 3.05) is 50.8 Å². The summed E-state index contributed by atoms with van der Waals surface area (Å²) in [6, 6.07) is 19.3. The number of piperidine rings is 2. The molecule has 1 aromatic heterocycles. The number of carbonyl (C=O) groups is 4. The monoisotopic (exact) mass is 903 g/mol. The number of hydrogen-bond donors (Lipinski definition) is 2. The lowest BCUT2D eigenvalue weighted by Gasteiger charge is -2.63. The van der Waals surface area contributed by atoms with Gasteiger partial charge in [-0.3, -0.25) is 34.2 Å². The molecule has 1 unspecified atom stereocenters. The SMILES string of the molecule is CC1(C)[C@H](NC(=O)c2ccc(N3CCN(C4CC5(CCN(C(=O)COc6ccc7nnn(C8CCC(=O)NC8=O)c(=O)c7c6)CC5)C4)CC3)cc2)C(C)(C)[C@H]1Oc1ccc(C#N)c(Cl)c1. The van der Waals surface area contributed by atoms with Crippen LogP contribution in [0, 0.1) is 27.6 Å². The number of rotatable bonds is 10. The Morgan fingerprint density at radius 2 is 1.60 bits per heavy atom. The van der Waals surface area contributed by atoms with Crippen LogP contribution in [0.2, 0.25) is 5.02 Å². The van der Waals surface area contributed by atoms with Crippen LogP contribution in [-0.2, 0) is 14.4 Å². The largest absolute Gasteiger partial charge is 0.489 e. The second-order valence-corrected chi connectivity index (χ2v) is 20.0. The summed E-state index contributed by atoms with van der Waals surface area (Å²) in [5.74, 6) is -0.258. The lowest BCUT2D eigenvalue weighted by molar-refractivity contribution is -0.164. The van der Waals surface area contributed by atoms with Gasteiger partial charge in [0.15, 0.2) is 6.61 Å². The van der Waals surface area contributed by atoms with E-state index in [4.69, 9.17) is 21.1 Å². The zero-order valence-corrected chi connectivity index (χ0v) is 37.9. The number of hydrogen-bond acceptors (Lipinski definition) is 12. The van der Waals surface area contributed by atoms with Crippen LogP contribution in [0.25, 0.3) is 10.9 Å². The van der Waals surface area contributed by atoms with E-state index >= 15 is 0 Å². The molecule has 0 radical (unpaired) electrons. The number of carbonyl (C=O) groups excluding carboxylic acids is 4. The molecule has 16 nitrogen and oxygen atoms in total. The van der Waals surface area contributed by atoms with Gasteiger partial charge < -0.3 is 24.6 Å². The van der Waals surface area contributed by atoms with Gasteiger partial charge in [-0.25, -0.2) is 0 Å². The van der Waals surface area contributed by atoms with E-state index in [0.29, 0.717) is 52.3 Å². The average Bonchev–Trinajstić information content (AvgIpc) is 3.29. The molecule has 17 heteroatoms. The number of nitriles is 1. The van der Waals surface area contributed by atoms with Gasteiger partial charge in [0.05, 0.1) is 16.0 Å². The fourth-order valence-electron chi connectivity index (χ4n) is 11.3. The maximum Gasteiger partial charge on any atom is 0.278 e. The van der Waals surface area contributed by atoms with Crippen LogP contribution >= 0.6 is 11.6 Å². The van der Waals surface area contributed by atoms with E-state index in [1.807, 2.05) is 29.2 Å². The molecule has 2 saturated carbocycles. The summed E-state index contributed by atoms with van der Waals surface area (Å²) in [7, 11) is 0. The lowest BCUT2D eigenvalue weighted by Crippen LogP contribution is -2.74. The van der Waals surface area contributed by atoms with Crippen LogP contribution in [0.1, 0.15) is 88.2 Å². The van der Waals surface area contributed by atoms with Crippen molar-refractivity contribution >= 4 is 51.8 Å². The summed E-state index contributed by atoms with van der Waals surface area (Å²) < 4.78 is 13.2. The third-order valence-corrected chi connectivity index (χ3v) is 15.1. The predicted octanol–water partition coefficient (Wildman–Crippen LogP) is 4.88. The molecular formula is C48H54ClN9O7. The quantitative estimate of drug-likeness (QED) is 0.206. The van der Waals surface area contributed by atoms with Crippen molar-refractivity contribution in [2.45, 2.75) is 90.4 Å². The molecule has 3 aromatic carbocycles. The fraction of sp³-hybridized carbons (Fsp3) is 0.500. The summed E-state index contributed by atoms with van der Waals surface area (Å²) >= 11 is 6.26. The standard InChI is InChI=1S/C48H54ClN9O7/c1-46(2)44(47(3,4)45(46)65-34-10-7-30(27-50)36(49)24-34)52-41(61)29-5-8-31(9-6-29)55-19-21-56(22-20-55)32-25-48(26-32)15-17-57(18-16-48)40(60)28-64-33-11-12-37-35(23-33)43(63)58(54-53-37)38-13-14-39(59)51-42(38)62/h5-12,23-24,32,38,44-45H,13-22,25-26,28H2,1-4H3,(H,52,61)(H,51,59,62)/t38?,44-,45-. The number of amides is 4. The van der Waals surface area contributed by atoms with E-state index in [-0.39, 0.29) is 70.9 Å². The smallest absolute Gasteiger partial charge is 0.278 e. The van der Waals surface area contributed by atoms with E-state index < -0.39 is 17.5 Å². The number of imide groups is 1. The number of benzene rings is 3. The van der Waals surface area contributed by atoms with Crippen LogP contribution in [0.3, 0.4) is 0 Å². The van der Waals surface area contributed by atoms with Gasteiger partial charge in [0.25, 0.3) is 23.3 Å².